The third-order valence-corrected chi connectivity index (χ3v) is 3.08. The molecule has 0 spiro atoms. The fraction of sp³-hybridized carbons (Fsp3) is 0.312. The van der Waals surface area contributed by atoms with Gasteiger partial charge in [0.15, 0.2) is 0 Å². The quantitative estimate of drug-likeness (QED) is 0.835. The Labute approximate surface area is 119 Å². The zero-order valence-corrected chi connectivity index (χ0v) is 11.9. The maximum atomic E-state index is 8.92. The predicted molar refractivity (Wildman–Crippen MR) is 79.3 cm³/mol. The predicted octanol–water partition coefficient (Wildman–Crippen LogP) is 2.94. The Morgan fingerprint density at radius 2 is 2.10 bits per heavy atom. The van der Waals surface area contributed by atoms with Crippen LogP contribution in [0, 0.1) is 11.3 Å². The normalized spacial score (nSPS) is 10.1. The lowest BCUT2D eigenvalue weighted by Gasteiger charge is -2.18. The van der Waals surface area contributed by atoms with Crippen LogP contribution >= 0.6 is 0 Å². The fourth-order valence-corrected chi connectivity index (χ4v) is 2.08. The molecule has 0 amide bonds. The van der Waals surface area contributed by atoms with Crippen molar-refractivity contribution in [1.29, 1.82) is 5.26 Å². The van der Waals surface area contributed by atoms with E-state index in [9.17, 15) is 0 Å². The van der Waals surface area contributed by atoms with Crippen molar-refractivity contribution < 1.29 is 0 Å². The summed E-state index contributed by atoms with van der Waals surface area (Å²) in [5.41, 5.74) is 2.85. The highest BCUT2D eigenvalue weighted by Crippen LogP contribution is 2.14. The first-order chi connectivity index (χ1) is 9.72. The number of hydrogen-bond acceptors (Lipinski definition) is 4. The SMILES string of the molecule is CCCc1cc(N(C)Cc2cccc(C#N)c2)ncn1. The van der Waals surface area contributed by atoms with Crippen LogP contribution < -0.4 is 4.90 Å². The van der Waals surface area contributed by atoms with Crippen molar-refractivity contribution in [2.24, 2.45) is 0 Å². The van der Waals surface area contributed by atoms with Crippen molar-refractivity contribution in [3.05, 3.63) is 53.5 Å². The van der Waals surface area contributed by atoms with Gasteiger partial charge in [0.05, 0.1) is 11.6 Å². The van der Waals surface area contributed by atoms with Crippen molar-refractivity contribution in [1.82, 2.24) is 9.97 Å². The molecule has 0 unspecified atom stereocenters. The molecule has 0 radical (unpaired) electrons. The monoisotopic (exact) mass is 266 g/mol. The molecule has 0 saturated carbocycles. The van der Waals surface area contributed by atoms with Gasteiger partial charge in [0.2, 0.25) is 0 Å². The lowest BCUT2D eigenvalue weighted by molar-refractivity contribution is 0.846. The Kier molecular flexibility index (Phi) is 4.67. The van der Waals surface area contributed by atoms with Gasteiger partial charge in [-0.3, -0.25) is 0 Å². The van der Waals surface area contributed by atoms with Gasteiger partial charge in [0, 0.05) is 25.4 Å². The molecule has 4 heteroatoms. The van der Waals surface area contributed by atoms with Gasteiger partial charge in [-0.15, -0.1) is 0 Å². The number of anilines is 1. The van der Waals surface area contributed by atoms with Crippen LogP contribution in [0.4, 0.5) is 5.82 Å². The van der Waals surface area contributed by atoms with Crippen molar-refractivity contribution in [3.8, 4) is 6.07 Å². The van der Waals surface area contributed by atoms with Gasteiger partial charge in [-0.1, -0.05) is 25.5 Å². The molecule has 1 aromatic carbocycles. The minimum atomic E-state index is 0.685. The van der Waals surface area contributed by atoms with E-state index in [1.54, 1.807) is 6.33 Å². The number of aromatic nitrogens is 2. The average Bonchev–Trinajstić information content (AvgIpc) is 2.48. The molecule has 0 aliphatic heterocycles. The molecular weight excluding hydrogens is 248 g/mol. The summed E-state index contributed by atoms with van der Waals surface area (Å²) >= 11 is 0. The van der Waals surface area contributed by atoms with Gasteiger partial charge in [-0.25, -0.2) is 9.97 Å². The van der Waals surface area contributed by atoms with Gasteiger partial charge in [-0.2, -0.15) is 5.26 Å². The lowest BCUT2D eigenvalue weighted by Crippen LogP contribution is -2.18. The minimum Gasteiger partial charge on any atom is -0.355 e. The molecule has 1 heterocycles. The molecule has 0 saturated heterocycles. The van der Waals surface area contributed by atoms with Gasteiger partial charge < -0.3 is 4.90 Å². The Hall–Kier alpha value is -2.41. The smallest absolute Gasteiger partial charge is 0.132 e. The number of hydrogen-bond donors (Lipinski definition) is 0. The second kappa shape index (κ2) is 6.67. The van der Waals surface area contributed by atoms with Crippen LogP contribution in [0.25, 0.3) is 0 Å². The minimum absolute atomic E-state index is 0.685. The molecule has 102 valence electrons. The average molecular weight is 266 g/mol. The maximum absolute atomic E-state index is 8.92. The largest absolute Gasteiger partial charge is 0.355 e. The summed E-state index contributed by atoms with van der Waals surface area (Å²) in [5.74, 6) is 0.908. The summed E-state index contributed by atoms with van der Waals surface area (Å²) in [6, 6.07) is 11.8. The summed E-state index contributed by atoms with van der Waals surface area (Å²) in [7, 11) is 2.00. The summed E-state index contributed by atoms with van der Waals surface area (Å²) in [5, 5.41) is 8.92. The summed E-state index contributed by atoms with van der Waals surface area (Å²) in [6.07, 6.45) is 3.65. The molecule has 2 rings (SSSR count). The Morgan fingerprint density at radius 1 is 1.25 bits per heavy atom. The summed E-state index contributed by atoms with van der Waals surface area (Å²) < 4.78 is 0. The second-order valence-corrected chi connectivity index (χ2v) is 4.79. The Morgan fingerprint density at radius 3 is 2.85 bits per heavy atom. The van der Waals surface area contributed by atoms with Crippen molar-refractivity contribution in [3.63, 3.8) is 0 Å². The molecule has 0 bridgehead atoms. The molecule has 0 N–H and O–H groups in total. The highest BCUT2D eigenvalue weighted by molar-refractivity contribution is 5.40. The number of aryl methyl sites for hydroxylation is 1. The van der Waals surface area contributed by atoms with Gasteiger partial charge in [-0.05, 0) is 24.1 Å². The van der Waals surface area contributed by atoms with E-state index >= 15 is 0 Å². The first-order valence-corrected chi connectivity index (χ1v) is 6.74. The molecule has 0 aliphatic rings. The van der Waals surface area contributed by atoms with Crippen LogP contribution in [0.2, 0.25) is 0 Å². The van der Waals surface area contributed by atoms with Crippen molar-refractivity contribution in [2.45, 2.75) is 26.3 Å². The van der Waals surface area contributed by atoms with Gasteiger partial charge in [0.1, 0.15) is 12.1 Å². The molecule has 1 aromatic heterocycles. The summed E-state index contributed by atoms with van der Waals surface area (Å²) in [6.45, 7) is 2.86. The van der Waals surface area contributed by atoms with Crippen LogP contribution in [0.1, 0.15) is 30.2 Å². The van der Waals surface area contributed by atoms with Crippen LogP contribution in [0.5, 0.6) is 0 Å². The van der Waals surface area contributed by atoms with E-state index in [2.05, 4.69) is 27.9 Å². The lowest BCUT2D eigenvalue weighted by atomic mass is 10.1. The highest BCUT2D eigenvalue weighted by atomic mass is 15.2. The Balaban J connectivity index is 2.13. The van der Waals surface area contributed by atoms with Gasteiger partial charge >= 0.3 is 0 Å². The molecule has 4 nitrogen and oxygen atoms in total. The number of benzene rings is 1. The molecule has 0 aliphatic carbocycles. The third-order valence-electron chi connectivity index (χ3n) is 3.08. The number of nitrogens with zero attached hydrogens (tertiary/aromatic N) is 4. The second-order valence-electron chi connectivity index (χ2n) is 4.79. The van der Waals surface area contributed by atoms with Crippen molar-refractivity contribution in [2.75, 3.05) is 11.9 Å². The molecule has 2 aromatic rings. The zero-order valence-electron chi connectivity index (χ0n) is 11.9. The van der Waals surface area contributed by atoms with E-state index < -0.39 is 0 Å². The first kappa shape index (κ1) is 14.0. The Bertz CT molecular complexity index is 616. The topological polar surface area (TPSA) is 52.8 Å². The van der Waals surface area contributed by atoms with E-state index in [-0.39, 0.29) is 0 Å². The van der Waals surface area contributed by atoms with E-state index in [1.807, 2.05) is 37.4 Å². The molecular formula is C16H18N4. The molecule has 0 fully saturated rings. The van der Waals surface area contributed by atoms with Crippen LogP contribution in [0.15, 0.2) is 36.7 Å². The number of rotatable bonds is 5. The van der Waals surface area contributed by atoms with Gasteiger partial charge in [0.25, 0.3) is 0 Å². The zero-order chi connectivity index (χ0) is 14.4. The van der Waals surface area contributed by atoms with Crippen LogP contribution in [0.3, 0.4) is 0 Å². The van der Waals surface area contributed by atoms with Crippen LogP contribution in [-0.2, 0) is 13.0 Å². The van der Waals surface area contributed by atoms with E-state index in [0.717, 1.165) is 36.5 Å². The van der Waals surface area contributed by atoms with E-state index in [1.165, 1.54) is 0 Å². The van der Waals surface area contributed by atoms with E-state index in [4.69, 9.17) is 5.26 Å². The van der Waals surface area contributed by atoms with Crippen LogP contribution in [-0.4, -0.2) is 17.0 Å². The first-order valence-electron chi connectivity index (χ1n) is 6.74. The maximum Gasteiger partial charge on any atom is 0.132 e. The van der Waals surface area contributed by atoms with E-state index in [0.29, 0.717) is 5.56 Å². The standard InChI is InChI=1S/C16H18N4/c1-3-5-15-9-16(19-12-18-15)20(2)11-14-7-4-6-13(8-14)10-17/h4,6-9,12H,3,5,11H2,1-2H3. The summed E-state index contributed by atoms with van der Waals surface area (Å²) in [4.78, 5) is 10.6. The van der Waals surface area contributed by atoms with Crippen molar-refractivity contribution >= 4 is 5.82 Å². The number of nitriles is 1. The third kappa shape index (κ3) is 3.55. The fourth-order valence-electron chi connectivity index (χ4n) is 2.08. The molecule has 20 heavy (non-hydrogen) atoms. The molecule has 0 atom stereocenters. The highest BCUT2D eigenvalue weighted by Gasteiger charge is 2.05.